The third-order valence-electron chi connectivity index (χ3n) is 2.88. The Bertz CT molecular complexity index is 582. The normalized spacial score (nSPS) is 11.6. The number of aryl methyl sites for hydroxylation is 1. The van der Waals surface area contributed by atoms with E-state index in [4.69, 9.17) is 9.84 Å². The number of carbonyl (C=O) groups is 1. The summed E-state index contributed by atoms with van der Waals surface area (Å²) in [5.41, 5.74) is 1.74. The maximum Gasteiger partial charge on any atom is 0.304 e. The van der Waals surface area contributed by atoms with Crippen molar-refractivity contribution in [2.45, 2.75) is 19.9 Å². The molecule has 0 atom stereocenters. The Morgan fingerprint density at radius 1 is 1.40 bits per heavy atom. The predicted octanol–water partition coefficient (Wildman–Crippen LogP) is 1.24. The molecule has 0 saturated carbocycles. The Balaban J connectivity index is 2.87. The van der Waals surface area contributed by atoms with E-state index in [0.29, 0.717) is 5.75 Å². The fraction of sp³-hybridized carbons (Fsp3) is 0.462. The minimum atomic E-state index is -3.59. The van der Waals surface area contributed by atoms with Gasteiger partial charge in [-0.1, -0.05) is 17.7 Å². The van der Waals surface area contributed by atoms with Crippen LogP contribution in [0.4, 0.5) is 0 Å². The average molecular weight is 301 g/mol. The first-order chi connectivity index (χ1) is 9.26. The standard InChI is InChI=1S/C13H19NO5S/c1-10-4-5-12(19-3)11(8-10)9-14(2)20(17,18)7-6-13(15)16/h4-5,8H,6-7,9H2,1-3H3,(H,15,16). The van der Waals surface area contributed by atoms with E-state index in [0.717, 1.165) is 15.4 Å². The first-order valence-corrected chi connectivity index (χ1v) is 7.66. The monoisotopic (exact) mass is 301 g/mol. The lowest BCUT2D eigenvalue weighted by Gasteiger charge is -2.18. The summed E-state index contributed by atoms with van der Waals surface area (Å²) in [7, 11) is -0.644. The third kappa shape index (κ3) is 4.50. The minimum Gasteiger partial charge on any atom is -0.496 e. The first kappa shape index (κ1) is 16.5. The van der Waals surface area contributed by atoms with Crippen LogP contribution >= 0.6 is 0 Å². The van der Waals surface area contributed by atoms with Crippen molar-refractivity contribution in [3.8, 4) is 5.75 Å². The highest BCUT2D eigenvalue weighted by atomic mass is 32.2. The summed E-state index contributed by atoms with van der Waals surface area (Å²) in [4.78, 5) is 10.5. The van der Waals surface area contributed by atoms with Crippen molar-refractivity contribution in [3.63, 3.8) is 0 Å². The molecule has 0 saturated heterocycles. The molecule has 1 rings (SSSR count). The lowest BCUT2D eigenvalue weighted by molar-refractivity contribution is -0.136. The Morgan fingerprint density at radius 3 is 2.60 bits per heavy atom. The summed E-state index contributed by atoms with van der Waals surface area (Å²) in [6, 6.07) is 5.51. The molecule has 0 spiro atoms. The molecule has 0 aliphatic rings. The lowest BCUT2D eigenvalue weighted by Crippen LogP contribution is -2.29. The summed E-state index contributed by atoms with van der Waals surface area (Å²) in [6.45, 7) is 2.05. The van der Waals surface area contributed by atoms with Crippen LogP contribution in [0.2, 0.25) is 0 Å². The van der Waals surface area contributed by atoms with Crippen molar-refractivity contribution < 1.29 is 23.1 Å². The van der Waals surface area contributed by atoms with Crippen molar-refractivity contribution in [1.82, 2.24) is 4.31 Å². The van der Waals surface area contributed by atoms with E-state index < -0.39 is 28.2 Å². The van der Waals surface area contributed by atoms with E-state index >= 15 is 0 Å². The van der Waals surface area contributed by atoms with Crippen molar-refractivity contribution >= 4 is 16.0 Å². The molecule has 20 heavy (non-hydrogen) atoms. The van der Waals surface area contributed by atoms with E-state index in [2.05, 4.69) is 0 Å². The summed E-state index contributed by atoms with van der Waals surface area (Å²) < 4.78 is 30.2. The van der Waals surface area contributed by atoms with E-state index in [1.807, 2.05) is 19.1 Å². The zero-order valence-electron chi connectivity index (χ0n) is 11.8. The highest BCUT2D eigenvalue weighted by Gasteiger charge is 2.20. The molecule has 1 aromatic carbocycles. The molecule has 0 bridgehead atoms. The van der Waals surface area contributed by atoms with Gasteiger partial charge in [0.15, 0.2) is 0 Å². The van der Waals surface area contributed by atoms with Crippen molar-refractivity contribution in [2.24, 2.45) is 0 Å². The topological polar surface area (TPSA) is 83.9 Å². The van der Waals surface area contributed by atoms with Gasteiger partial charge in [0.2, 0.25) is 10.0 Å². The van der Waals surface area contributed by atoms with Gasteiger partial charge in [0, 0.05) is 19.2 Å². The molecular formula is C13H19NO5S. The third-order valence-corrected chi connectivity index (χ3v) is 4.68. The van der Waals surface area contributed by atoms with Gasteiger partial charge in [-0.05, 0) is 13.0 Å². The molecule has 6 nitrogen and oxygen atoms in total. The van der Waals surface area contributed by atoms with Crippen LogP contribution in [-0.2, 0) is 21.4 Å². The molecule has 0 heterocycles. The molecule has 0 aliphatic carbocycles. The second-order valence-electron chi connectivity index (χ2n) is 4.53. The molecular weight excluding hydrogens is 282 g/mol. The van der Waals surface area contributed by atoms with Crippen LogP contribution in [0.25, 0.3) is 0 Å². The molecule has 112 valence electrons. The number of hydrogen-bond donors (Lipinski definition) is 1. The summed E-state index contributed by atoms with van der Waals surface area (Å²) in [5.74, 6) is -0.932. The van der Waals surface area contributed by atoms with E-state index in [1.54, 1.807) is 6.07 Å². The summed E-state index contributed by atoms with van der Waals surface area (Å²) in [5, 5.41) is 8.56. The van der Waals surface area contributed by atoms with Gasteiger partial charge in [0.1, 0.15) is 5.75 Å². The highest BCUT2D eigenvalue weighted by Crippen LogP contribution is 2.22. The van der Waals surface area contributed by atoms with Gasteiger partial charge >= 0.3 is 5.97 Å². The zero-order valence-corrected chi connectivity index (χ0v) is 12.6. The number of sulfonamides is 1. The fourth-order valence-corrected chi connectivity index (χ4v) is 2.82. The largest absolute Gasteiger partial charge is 0.496 e. The maximum atomic E-state index is 11.9. The van der Waals surface area contributed by atoms with E-state index in [-0.39, 0.29) is 6.54 Å². The molecule has 0 fully saturated rings. The van der Waals surface area contributed by atoms with Gasteiger partial charge in [-0.25, -0.2) is 12.7 Å². The SMILES string of the molecule is COc1ccc(C)cc1CN(C)S(=O)(=O)CCC(=O)O. The van der Waals surface area contributed by atoms with Gasteiger partial charge in [0.25, 0.3) is 0 Å². The zero-order chi connectivity index (χ0) is 15.3. The Labute approximate surface area is 119 Å². The Kier molecular flexibility index (Phi) is 5.52. The van der Waals surface area contributed by atoms with Crippen molar-refractivity contribution in [1.29, 1.82) is 0 Å². The van der Waals surface area contributed by atoms with E-state index in [1.165, 1.54) is 14.2 Å². The number of ether oxygens (including phenoxy) is 1. The molecule has 7 heteroatoms. The van der Waals surface area contributed by atoms with Crippen molar-refractivity contribution in [2.75, 3.05) is 19.9 Å². The lowest BCUT2D eigenvalue weighted by atomic mass is 10.1. The van der Waals surface area contributed by atoms with Crippen LogP contribution in [0, 0.1) is 6.92 Å². The molecule has 0 aromatic heterocycles. The number of hydrogen-bond acceptors (Lipinski definition) is 4. The molecule has 1 N–H and O–H groups in total. The number of aliphatic carboxylic acids is 1. The van der Waals surface area contributed by atoms with Gasteiger partial charge in [-0.2, -0.15) is 0 Å². The van der Waals surface area contributed by atoms with Crippen LogP contribution in [0.15, 0.2) is 18.2 Å². The van der Waals surface area contributed by atoms with E-state index in [9.17, 15) is 13.2 Å². The summed E-state index contributed by atoms with van der Waals surface area (Å²) >= 11 is 0. The number of nitrogens with zero attached hydrogens (tertiary/aromatic N) is 1. The highest BCUT2D eigenvalue weighted by molar-refractivity contribution is 7.89. The fourth-order valence-electron chi connectivity index (χ4n) is 1.74. The molecule has 0 aliphatic heterocycles. The van der Waals surface area contributed by atoms with Gasteiger partial charge in [-0.15, -0.1) is 0 Å². The van der Waals surface area contributed by atoms with Crippen molar-refractivity contribution in [3.05, 3.63) is 29.3 Å². The number of carboxylic acid groups (broad SMARTS) is 1. The second-order valence-corrected chi connectivity index (χ2v) is 6.73. The van der Waals surface area contributed by atoms with Crippen LogP contribution in [-0.4, -0.2) is 43.7 Å². The second kappa shape index (κ2) is 6.71. The maximum absolute atomic E-state index is 11.9. The van der Waals surface area contributed by atoms with Gasteiger partial charge in [0.05, 0.1) is 19.3 Å². The predicted molar refractivity (Wildman–Crippen MR) is 75.2 cm³/mol. The van der Waals surface area contributed by atoms with Gasteiger partial charge < -0.3 is 9.84 Å². The molecule has 0 unspecified atom stereocenters. The van der Waals surface area contributed by atoms with Crippen LogP contribution in [0.5, 0.6) is 5.75 Å². The molecule has 0 amide bonds. The van der Waals surface area contributed by atoms with Crippen LogP contribution < -0.4 is 4.74 Å². The Morgan fingerprint density at radius 2 is 2.05 bits per heavy atom. The van der Waals surface area contributed by atoms with Gasteiger partial charge in [-0.3, -0.25) is 4.79 Å². The number of carboxylic acids is 1. The van der Waals surface area contributed by atoms with Crippen LogP contribution in [0.3, 0.4) is 0 Å². The number of methoxy groups -OCH3 is 1. The Hall–Kier alpha value is -1.60. The average Bonchev–Trinajstić information content (AvgIpc) is 2.36. The summed E-state index contributed by atoms with van der Waals surface area (Å²) in [6.07, 6.45) is -0.405. The molecule has 1 aromatic rings. The molecule has 0 radical (unpaired) electrons. The number of rotatable bonds is 7. The quantitative estimate of drug-likeness (QED) is 0.819. The van der Waals surface area contributed by atoms with Crippen LogP contribution in [0.1, 0.15) is 17.5 Å². The minimum absolute atomic E-state index is 0.146. The smallest absolute Gasteiger partial charge is 0.304 e. The number of benzene rings is 1. The first-order valence-electron chi connectivity index (χ1n) is 6.05.